The van der Waals surface area contributed by atoms with Crippen molar-refractivity contribution in [3.8, 4) is 17.2 Å². The number of oxazole rings is 1. The van der Waals surface area contributed by atoms with Crippen molar-refractivity contribution in [3.05, 3.63) is 35.5 Å². The predicted octanol–water partition coefficient (Wildman–Crippen LogP) is 1.73. The molecule has 0 radical (unpaired) electrons. The molecule has 0 aliphatic carbocycles. The highest BCUT2D eigenvalue weighted by Crippen LogP contribution is 2.27. The Morgan fingerprint density at radius 1 is 1.48 bits per heavy atom. The number of rotatable bonds is 4. The third kappa shape index (κ3) is 3.34. The topological polar surface area (TPSA) is 67.6 Å². The summed E-state index contributed by atoms with van der Waals surface area (Å²) in [7, 11) is 1.48. The summed E-state index contributed by atoms with van der Waals surface area (Å²) in [5, 5.41) is 2.78. The highest BCUT2D eigenvalue weighted by Gasteiger charge is 2.21. The summed E-state index contributed by atoms with van der Waals surface area (Å²) in [5.74, 6) is 0.850. The lowest BCUT2D eigenvalue weighted by molar-refractivity contribution is -0.124. The standard InChI is InChI=1S/C16H18FN3O3/c1-10-14(8-20-6-5-18-15(21)9-20)19-16(23-10)12-4-3-11(22-2)7-13(12)17/h3-4,7H,5-6,8-9H2,1-2H3,(H,18,21). The number of aromatic nitrogens is 1. The molecule has 1 amide bonds. The van der Waals surface area contributed by atoms with E-state index in [-0.39, 0.29) is 17.4 Å². The number of benzene rings is 1. The summed E-state index contributed by atoms with van der Waals surface area (Å²) < 4.78 is 24.7. The minimum absolute atomic E-state index is 0.00109. The lowest BCUT2D eigenvalue weighted by Gasteiger charge is -2.25. The normalized spacial score (nSPS) is 15.5. The summed E-state index contributed by atoms with van der Waals surface area (Å²) in [4.78, 5) is 17.8. The molecule has 1 fully saturated rings. The van der Waals surface area contributed by atoms with Crippen molar-refractivity contribution < 1.29 is 18.3 Å². The van der Waals surface area contributed by atoms with E-state index >= 15 is 0 Å². The lowest BCUT2D eigenvalue weighted by atomic mass is 10.2. The first-order valence-electron chi connectivity index (χ1n) is 7.36. The number of methoxy groups -OCH3 is 1. The monoisotopic (exact) mass is 319 g/mol. The van der Waals surface area contributed by atoms with E-state index in [0.717, 1.165) is 6.54 Å². The van der Waals surface area contributed by atoms with Gasteiger partial charge in [-0.1, -0.05) is 0 Å². The van der Waals surface area contributed by atoms with Gasteiger partial charge in [-0.25, -0.2) is 9.37 Å². The zero-order valence-corrected chi connectivity index (χ0v) is 13.1. The smallest absolute Gasteiger partial charge is 0.234 e. The molecule has 1 saturated heterocycles. The zero-order chi connectivity index (χ0) is 16.4. The molecule has 0 bridgehead atoms. The highest BCUT2D eigenvalue weighted by atomic mass is 19.1. The van der Waals surface area contributed by atoms with E-state index in [9.17, 15) is 9.18 Å². The van der Waals surface area contributed by atoms with Gasteiger partial charge >= 0.3 is 0 Å². The van der Waals surface area contributed by atoms with Crippen molar-refractivity contribution in [1.29, 1.82) is 0 Å². The number of ether oxygens (including phenoxy) is 1. The molecule has 0 saturated carbocycles. The van der Waals surface area contributed by atoms with Crippen molar-refractivity contribution in [2.75, 3.05) is 26.7 Å². The van der Waals surface area contributed by atoms with Crippen LogP contribution in [0.25, 0.3) is 11.5 Å². The summed E-state index contributed by atoms with van der Waals surface area (Å²) in [6, 6.07) is 4.54. The van der Waals surface area contributed by atoms with Crippen LogP contribution >= 0.6 is 0 Å². The highest BCUT2D eigenvalue weighted by molar-refractivity contribution is 5.78. The van der Waals surface area contributed by atoms with E-state index in [1.807, 2.05) is 4.90 Å². The van der Waals surface area contributed by atoms with Gasteiger partial charge in [-0.3, -0.25) is 9.69 Å². The van der Waals surface area contributed by atoms with Crippen LogP contribution in [0.3, 0.4) is 0 Å². The predicted molar refractivity (Wildman–Crippen MR) is 81.5 cm³/mol. The lowest BCUT2D eigenvalue weighted by Crippen LogP contribution is -2.47. The van der Waals surface area contributed by atoms with Crippen molar-refractivity contribution in [1.82, 2.24) is 15.2 Å². The fourth-order valence-corrected chi connectivity index (χ4v) is 2.52. The molecule has 1 aromatic carbocycles. The molecule has 3 rings (SSSR count). The Morgan fingerprint density at radius 2 is 2.30 bits per heavy atom. The van der Waals surface area contributed by atoms with Gasteiger partial charge in [0.2, 0.25) is 11.8 Å². The van der Waals surface area contributed by atoms with Crippen LogP contribution in [0.2, 0.25) is 0 Å². The fourth-order valence-electron chi connectivity index (χ4n) is 2.52. The number of nitrogens with zero attached hydrogens (tertiary/aromatic N) is 2. The van der Waals surface area contributed by atoms with Crippen LogP contribution in [-0.4, -0.2) is 42.5 Å². The van der Waals surface area contributed by atoms with Gasteiger partial charge in [0, 0.05) is 25.7 Å². The molecule has 1 aromatic heterocycles. The van der Waals surface area contributed by atoms with E-state index in [1.165, 1.54) is 13.2 Å². The van der Waals surface area contributed by atoms with E-state index < -0.39 is 5.82 Å². The molecule has 122 valence electrons. The molecule has 0 atom stereocenters. The Morgan fingerprint density at radius 3 is 3.00 bits per heavy atom. The summed E-state index contributed by atoms with van der Waals surface area (Å²) in [6.07, 6.45) is 0. The van der Waals surface area contributed by atoms with Crippen LogP contribution in [0, 0.1) is 12.7 Å². The van der Waals surface area contributed by atoms with Crippen LogP contribution in [0.4, 0.5) is 4.39 Å². The van der Waals surface area contributed by atoms with Crippen molar-refractivity contribution in [3.63, 3.8) is 0 Å². The number of carbonyl (C=O) groups is 1. The minimum atomic E-state index is -0.450. The number of halogens is 1. The second-order valence-electron chi connectivity index (χ2n) is 5.43. The molecule has 23 heavy (non-hydrogen) atoms. The van der Waals surface area contributed by atoms with Crippen molar-refractivity contribution >= 4 is 5.91 Å². The molecule has 6 nitrogen and oxygen atoms in total. The summed E-state index contributed by atoms with van der Waals surface area (Å²) in [6.45, 7) is 4.00. The average Bonchev–Trinajstić information content (AvgIpc) is 2.88. The van der Waals surface area contributed by atoms with E-state index in [4.69, 9.17) is 9.15 Å². The Kier molecular flexibility index (Phi) is 4.29. The van der Waals surface area contributed by atoms with Gasteiger partial charge in [0.05, 0.1) is 24.9 Å². The average molecular weight is 319 g/mol. The molecule has 1 N–H and O–H groups in total. The van der Waals surface area contributed by atoms with Crippen LogP contribution in [0.5, 0.6) is 5.75 Å². The van der Waals surface area contributed by atoms with E-state index in [2.05, 4.69) is 10.3 Å². The maximum atomic E-state index is 14.1. The molecular formula is C16H18FN3O3. The van der Waals surface area contributed by atoms with Gasteiger partial charge in [-0.15, -0.1) is 0 Å². The first-order valence-corrected chi connectivity index (χ1v) is 7.36. The number of carbonyl (C=O) groups excluding carboxylic acids is 1. The van der Waals surface area contributed by atoms with E-state index in [1.54, 1.807) is 19.1 Å². The molecule has 1 aliphatic rings. The molecular weight excluding hydrogens is 301 g/mol. The Bertz CT molecular complexity index is 729. The maximum Gasteiger partial charge on any atom is 0.234 e. The molecule has 1 aliphatic heterocycles. The van der Waals surface area contributed by atoms with Gasteiger partial charge in [-0.05, 0) is 19.1 Å². The summed E-state index contributed by atoms with van der Waals surface area (Å²) in [5.41, 5.74) is 1.00. The Hall–Kier alpha value is -2.41. The van der Waals surface area contributed by atoms with Gasteiger partial charge in [0.25, 0.3) is 0 Å². The third-order valence-corrected chi connectivity index (χ3v) is 3.79. The largest absolute Gasteiger partial charge is 0.497 e. The number of nitrogens with one attached hydrogen (secondary N) is 1. The fraction of sp³-hybridized carbons (Fsp3) is 0.375. The van der Waals surface area contributed by atoms with Crippen LogP contribution in [0.15, 0.2) is 22.6 Å². The van der Waals surface area contributed by atoms with Gasteiger partial charge in [-0.2, -0.15) is 0 Å². The number of hydrogen-bond acceptors (Lipinski definition) is 5. The van der Waals surface area contributed by atoms with Crippen LogP contribution in [-0.2, 0) is 11.3 Å². The van der Waals surface area contributed by atoms with Crippen molar-refractivity contribution in [2.45, 2.75) is 13.5 Å². The Balaban J connectivity index is 1.82. The van der Waals surface area contributed by atoms with Gasteiger partial charge in [0.15, 0.2) is 0 Å². The number of piperazine rings is 1. The second-order valence-corrected chi connectivity index (χ2v) is 5.43. The van der Waals surface area contributed by atoms with Crippen LogP contribution in [0.1, 0.15) is 11.5 Å². The quantitative estimate of drug-likeness (QED) is 0.929. The first-order chi connectivity index (χ1) is 11.1. The number of amides is 1. The van der Waals surface area contributed by atoms with Crippen molar-refractivity contribution in [2.24, 2.45) is 0 Å². The zero-order valence-electron chi connectivity index (χ0n) is 13.1. The SMILES string of the molecule is COc1ccc(-c2nc(CN3CCNC(=O)C3)c(C)o2)c(F)c1. The molecule has 0 spiro atoms. The second kappa shape index (κ2) is 6.37. The molecule has 0 unspecified atom stereocenters. The number of hydrogen-bond donors (Lipinski definition) is 1. The molecule has 7 heteroatoms. The molecule has 2 aromatic rings. The van der Waals surface area contributed by atoms with Crippen LogP contribution < -0.4 is 10.1 Å². The summed E-state index contributed by atoms with van der Waals surface area (Å²) >= 11 is 0. The third-order valence-electron chi connectivity index (χ3n) is 3.79. The molecule has 2 heterocycles. The maximum absolute atomic E-state index is 14.1. The Labute approximate surface area is 133 Å². The minimum Gasteiger partial charge on any atom is -0.497 e. The van der Waals surface area contributed by atoms with Gasteiger partial charge in [0.1, 0.15) is 17.3 Å². The first kappa shape index (κ1) is 15.5. The number of aryl methyl sites for hydroxylation is 1. The van der Waals surface area contributed by atoms with E-state index in [0.29, 0.717) is 36.8 Å². The van der Waals surface area contributed by atoms with Gasteiger partial charge < -0.3 is 14.5 Å².